The van der Waals surface area contributed by atoms with Gasteiger partial charge in [-0.2, -0.15) is 5.10 Å². The Hall–Kier alpha value is -4.13. The quantitative estimate of drug-likeness (QED) is 0.456. The molecule has 7 heteroatoms. The standard InChI is InChI=1S/C28H27N5O2/c34-27(32-18-14-21-9-4-5-13-25(21)32)22-10-8-17-31(20-22)28(35)24-19-29-33(23-11-2-1-3-12-23)26(24)30-15-6-7-16-30/h1-7,9,11-13,15-16,19,22H,8,10,14,17-18,20H2/t22-/m0/s1. The number of likely N-dealkylation sites (tertiary alicyclic amines) is 1. The Morgan fingerprint density at radius 1 is 0.886 bits per heavy atom. The van der Waals surface area contributed by atoms with Gasteiger partial charge in [0.15, 0.2) is 5.82 Å². The monoisotopic (exact) mass is 465 g/mol. The second kappa shape index (κ2) is 8.91. The minimum absolute atomic E-state index is 0.0878. The van der Waals surface area contributed by atoms with E-state index in [9.17, 15) is 9.59 Å². The molecule has 0 unspecified atom stereocenters. The molecular formula is C28H27N5O2. The van der Waals surface area contributed by atoms with Crippen molar-refractivity contribution in [1.29, 1.82) is 0 Å². The molecule has 0 N–H and O–H groups in total. The van der Waals surface area contributed by atoms with Gasteiger partial charge in [-0.1, -0.05) is 36.4 Å². The zero-order valence-corrected chi connectivity index (χ0v) is 19.5. The molecule has 1 atom stereocenters. The van der Waals surface area contributed by atoms with Gasteiger partial charge in [-0.3, -0.25) is 9.59 Å². The Labute approximate surface area is 204 Å². The first-order chi connectivity index (χ1) is 17.2. The molecule has 4 heterocycles. The minimum atomic E-state index is -0.196. The van der Waals surface area contributed by atoms with Crippen molar-refractivity contribution in [3.8, 4) is 11.5 Å². The highest BCUT2D eigenvalue weighted by molar-refractivity contribution is 5.99. The zero-order chi connectivity index (χ0) is 23.8. The molecule has 0 bridgehead atoms. The van der Waals surface area contributed by atoms with Gasteiger partial charge in [-0.15, -0.1) is 0 Å². The molecule has 2 aromatic heterocycles. The fourth-order valence-electron chi connectivity index (χ4n) is 5.30. The van der Waals surface area contributed by atoms with E-state index in [-0.39, 0.29) is 17.7 Å². The molecule has 2 aromatic carbocycles. The van der Waals surface area contributed by atoms with E-state index < -0.39 is 0 Å². The van der Waals surface area contributed by atoms with Gasteiger partial charge < -0.3 is 14.4 Å². The van der Waals surface area contributed by atoms with Gasteiger partial charge in [0.1, 0.15) is 5.56 Å². The van der Waals surface area contributed by atoms with Crippen molar-refractivity contribution in [3.05, 3.63) is 96.4 Å². The van der Waals surface area contributed by atoms with E-state index in [4.69, 9.17) is 0 Å². The van der Waals surface area contributed by atoms with Crippen LogP contribution in [0.15, 0.2) is 85.3 Å². The molecule has 35 heavy (non-hydrogen) atoms. The van der Waals surface area contributed by atoms with Crippen LogP contribution in [0.2, 0.25) is 0 Å². The molecule has 2 aliphatic heterocycles. The highest BCUT2D eigenvalue weighted by Gasteiger charge is 2.35. The van der Waals surface area contributed by atoms with Gasteiger partial charge in [-0.05, 0) is 55.2 Å². The molecule has 7 nitrogen and oxygen atoms in total. The summed E-state index contributed by atoms with van der Waals surface area (Å²) in [5, 5.41) is 4.57. The molecule has 2 aliphatic rings. The number of benzene rings is 2. The van der Waals surface area contributed by atoms with Crippen molar-refractivity contribution >= 4 is 17.5 Å². The zero-order valence-electron chi connectivity index (χ0n) is 19.5. The first kappa shape index (κ1) is 21.4. The summed E-state index contributed by atoms with van der Waals surface area (Å²) >= 11 is 0. The van der Waals surface area contributed by atoms with Crippen LogP contribution in [0.1, 0.15) is 28.8 Å². The number of rotatable bonds is 4. The number of para-hydroxylation sites is 2. The van der Waals surface area contributed by atoms with Crippen LogP contribution >= 0.6 is 0 Å². The number of piperidine rings is 1. The minimum Gasteiger partial charge on any atom is -0.338 e. The van der Waals surface area contributed by atoms with Crippen molar-refractivity contribution in [2.75, 3.05) is 24.5 Å². The number of fused-ring (bicyclic) bond motifs is 1. The summed E-state index contributed by atoms with van der Waals surface area (Å²) in [6.07, 6.45) is 7.97. The molecule has 0 radical (unpaired) electrons. The smallest absolute Gasteiger partial charge is 0.259 e. The first-order valence-corrected chi connectivity index (χ1v) is 12.2. The molecular weight excluding hydrogens is 438 g/mol. The average molecular weight is 466 g/mol. The Balaban J connectivity index is 1.27. The number of carbonyl (C=O) groups excluding carboxylic acids is 2. The molecule has 0 spiro atoms. The largest absolute Gasteiger partial charge is 0.338 e. The topological polar surface area (TPSA) is 63.4 Å². The van der Waals surface area contributed by atoms with E-state index in [0.717, 1.165) is 30.6 Å². The molecule has 6 rings (SSSR count). The lowest BCUT2D eigenvalue weighted by Gasteiger charge is -2.34. The summed E-state index contributed by atoms with van der Waals surface area (Å²) < 4.78 is 3.71. The fourth-order valence-corrected chi connectivity index (χ4v) is 5.30. The van der Waals surface area contributed by atoms with Crippen LogP contribution in [0.4, 0.5) is 5.69 Å². The summed E-state index contributed by atoms with van der Waals surface area (Å²) in [5.41, 5.74) is 3.65. The Morgan fingerprint density at radius 3 is 2.49 bits per heavy atom. The maximum Gasteiger partial charge on any atom is 0.259 e. The van der Waals surface area contributed by atoms with Gasteiger partial charge in [-0.25, -0.2) is 4.68 Å². The molecule has 1 fully saturated rings. The van der Waals surface area contributed by atoms with E-state index in [1.807, 2.05) is 87.4 Å². The molecule has 2 amide bonds. The number of hydrogen-bond donors (Lipinski definition) is 0. The van der Waals surface area contributed by atoms with Crippen LogP contribution in [0, 0.1) is 5.92 Å². The van der Waals surface area contributed by atoms with E-state index >= 15 is 0 Å². The van der Waals surface area contributed by atoms with Crippen LogP contribution in [0.3, 0.4) is 0 Å². The third kappa shape index (κ3) is 3.83. The fraction of sp³-hybridized carbons (Fsp3) is 0.250. The van der Waals surface area contributed by atoms with Crippen molar-refractivity contribution in [2.24, 2.45) is 5.92 Å². The second-order valence-electron chi connectivity index (χ2n) is 9.18. The van der Waals surface area contributed by atoms with Gasteiger partial charge >= 0.3 is 0 Å². The average Bonchev–Trinajstić information content (AvgIpc) is 3.68. The SMILES string of the molecule is O=C(c1cnn(-c2ccccc2)c1-n1cccc1)N1CCC[C@H](C(=O)N2CCc3ccccc32)C1. The van der Waals surface area contributed by atoms with Crippen LogP contribution in [-0.2, 0) is 11.2 Å². The summed E-state index contributed by atoms with van der Waals surface area (Å²) in [5.74, 6) is 0.541. The van der Waals surface area contributed by atoms with Gasteiger partial charge in [0.2, 0.25) is 5.91 Å². The van der Waals surface area contributed by atoms with Gasteiger partial charge in [0.25, 0.3) is 5.91 Å². The molecule has 0 aliphatic carbocycles. The summed E-state index contributed by atoms with van der Waals surface area (Å²) in [7, 11) is 0. The maximum absolute atomic E-state index is 13.8. The van der Waals surface area contributed by atoms with E-state index in [2.05, 4.69) is 11.2 Å². The van der Waals surface area contributed by atoms with Crippen molar-refractivity contribution < 1.29 is 9.59 Å². The number of anilines is 1. The number of nitrogens with zero attached hydrogens (tertiary/aromatic N) is 5. The summed E-state index contributed by atoms with van der Waals surface area (Å²) in [6.45, 7) is 1.78. The lowest BCUT2D eigenvalue weighted by Crippen LogP contribution is -2.46. The summed E-state index contributed by atoms with van der Waals surface area (Å²) in [4.78, 5) is 31.0. The van der Waals surface area contributed by atoms with Crippen LogP contribution < -0.4 is 4.90 Å². The van der Waals surface area contributed by atoms with Crippen LogP contribution in [0.25, 0.3) is 11.5 Å². The maximum atomic E-state index is 13.8. The van der Waals surface area contributed by atoms with E-state index in [1.165, 1.54) is 5.56 Å². The predicted octanol–water partition coefficient (Wildman–Crippen LogP) is 4.10. The van der Waals surface area contributed by atoms with Crippen molar-refractivity contribution in [1.82, 2.24) is 19.2 Å². The third-order valence-corrected chi connectivity index (χ3v) is 7.04. The Bertz CT molecular complexity index is 1360. The Kier molecular flexibility index (Phi) is 5.45. The molecule has 4 aromatic rings. The van der Waals surface area contributed by atoms with Crippen molar-refractivity contribution in [3.63, 3.8) is 0 Å². The number of aromatic nitrogens is 3. The lowest BCUT2D eigenvalue weighted by atomic mass is 9.96. The molecule has 0 saturated carbocycles. The number of amides is 2. The third-order valence-electron chi connectivity index (χ3n) is 7.04. The van der Waals surface area contributed by atoms with E-state index in [0.29, 0.717) is 31.0 Å². The number of hydrogen-bond acceptors (Lipinski definition) is 3. The van der Waals surface area contributed by atoms with Gasteiger partial charge in [0.05, 0.1) is 17.8 Å². The highest BCUT2D eigenvalue weighted by atomic mass is 16.2. The molecule has 1 saturated heterocycles. The van der Waals surface area contributed by atoms with Crippen molar-refractivity contribution in [2.45, 2.75) is 19.3 Å². The lowest BCUT2D eigenvalue weighted by molar-refractivity contribution is -0.123. The first-order valence-electron chi connectivity index (χ1n) is 12.2. The second-order valence-corrected chi connectivity index (χ2v) is 9.18. The normalized spacial score (nSPS) is 17.4. The predicted molar refractivity (Wildman–Crippen MR) is 134 cm³/mol. The number of carbonyl (C=O) groups is 2. The Morgan fingerprint density at radius 2 is 1.66 bits per heavy atom. The highest BCUT2D eigenvalue weighted by Crippen LogP contribution is 2.31. The van der Waals surface area contributed by atoms with E-state index in [1.54, 1.807) is 10.9 Å². The molecule has 176 valence electrons. The summed E-state index contributed by atoms with van der Waals surface area (Å²) in [6, 6.07) is 21.8. The van der Waals surface area contributed by atoms with Crippen LogP contribution in [0.5, 0.6) is 0 Å². The van der Waals surface area contributed by atoms with Gasteiger partial charge in [0, 0.05) is 37.7 Å². The van der Waals surface area contributed by atoms with Crippen LogP contribution in [-0.4, -0.2) is 50.7 Å².